The van der Waals surface area contributed by atoms with Crippen molar-refractivity contribution in [1.29, 1.82) is 0 Å². The summed E-state index contributed by atoms with van der Waals surface area (Å²) in [5.74, 6) is -0.566. The molecule has 0 aliphatic heterocycles. The second-order valence-corrected chi connectivity index (χ2v) is 8.79. The van der Waals surface area contributed by atoms with Crippen molar-refractivity contribution in [2.24, 2.45) is 0 Å². The van der Waals surface area contributed by atoms with Crippen LogP contribution < -0.4 is 22.5 Å². The molecule has 0 amide bonds. The maximum Gasteiger partial charge on any atom is 0.338 e. The number of carbonyl (C=O) groups is 1. The number of benzene rings is 1. The van der Waals surface area contributed by atoms with E-state index in [2.05, 4.69) is 9.97 Å². The number of aromatic nitrogens is 4. The van der Waals surface area contributed by atoms with Gasteiger partial charge in [0.25, 0.3) is 11.1 Å². The van der Waals surface area contributed by atoms with Gasteiger partial charge >= 0.3 is 17.3 Å². The van der Waals surface area contributed by atoms with Gasteiger partial charge in [0.05, 0.1) is 37.6 Å². The lowest BCUT2D eigenvalue weighted by Crippen LogP contribution is -2.37. The molecule has 0 fully saturated rings. The summed E-state index contributed by atoms with van der Waals surface area (Å²) < 4.78 is 18.4. The molecule has 3 rings (SSSR count). The van der Waals surface area contributed by atoms with Crippen LogP contribution in [0.25, 0.3) is 0 Å². The number of carbonyl (C=O) groups excluding carboxylic acids is 1. The Kier molecular flexibility index (Phi) is 18.7. The maximum atomic E-state index is 12.1. The molecular weight excluding hydrogens is 580 g/mol. The third-order valence-corrected chi connectivity index (χ3v) is 5.86. The van der Waals surface area contributed by atoms with Crippen molar-refractivity contribution >= 4 is 5.97 Å². The van der Waals surface area contributed by atoms with Crippen LogP contribution in [0.5, 0.6) is 0 Å². The highest BCUT2D eigenvalue weighted by atomic mass is 16.6. The minimum atomic E-state index is -0.978. The van der Waals surface area contributed by atoms with Crippen molar-refractivity contribution < 1.29 is 34.3 Å². The van der Waals surface area contributed by atoms with Crippen LogP contribution in [-0.4, -0.2) is 79.0 Å². The topological polar surface area (TPSA) is 215 Å². The third-order valence-electron chi connectivity index (χ3n) is 5.86. The Morgan fingerprint density at radius 1 is 0.727 bits per heavy atom. The van der Waals surface area contributed by atoms with Gasteiger partial charge < -0.3 is 29.5 Å². The number of hydrogen-bond donors (Lipinski definition) is 5. The first kappa shape index (κ1) is 39.8. The van der Waals surface area contributed by atoms with Crippen molar-refractivity contribution in [2.45, 2.75) is 66.2 Å². The Labute approximate surface area is 254 Å². The lowest BCUT2D eigenvalue weighted by molar-refractivity contribution is -0.102. The van der Waals surface area contributed by atoms with Gasteiger partial charge in [-0.2, -0.15) is 0 Å². The van der Waals surface area contributed by atoms with Crippen LogP contribution in [0, 0.1) is 0 Å². The molecule has 4 atom stereocenters. The fourth-order valence-electron chi connectivity index (χ4n) is 3.48. The second-order valence-electron chi connectivity index (χ2n) is 8.79. The van der Waals surface area contributed by atoms with E-state index in [0.29, 0.717) is 18.4 Å². The molecule has 1 aromatic carbocycles. The summed E-state index contributed by atoms with van der Waals surface area (Å²) >= 11 is 0. The summed E-state index contributed by atoms with van der Waals surface area (Å²) in [5, 5.41) is 27.4. The van der Waals surface area contributed by atoms with Gasteiger partial charge in [0.1, 0.15) is 6.61 Å². The zero-order chi connectivity index (χ0) is 31.1. The van der Waals surface area contributed by atoms with E-state index in [-0.39, 0.29) is 34.7 Å². The standard InChI is InChI=1S/C17H20N2O6.C10H16N2O5.2CH4/c1-2-13(10-20)25-15(19-9-8-14(21)18-17(19)23)11-24-16(22)12-6-4-3-5-7-12;1-2-7(5-13)17-9(6-14)12-4-3-8(15)11-10(12)16;;/h3-9,13,15,20H,2,10-11H2,1H3,(H,18,21,23);3-4,7,9,13-14H,2,5-6H2,1H3,(H,11,15,16);2*1H4/t13-,15-;7-,9-;;/m11../s1. The highest BCUT2D eigenvalue weighted by molar-refractivity contribution is 5.89. The van der Waals surface area contributed by atoms with E-state index in [1.54, 1.807) is 30.3 Å². The Morgan fingerprint density at radius 3 is 1.59 bits per heavy atom. The van der Waals surface area contributed by atoms with E-state index in [9.17, 15) is 29.1 Å². The predicted octanol–water partition coefficient (Wildman–Crippen LogP) is 0.767. The summed E-state index contributed by atoms with van der Waals surface area (Å²) in [4.78, 5) is 61.8. The molecule has 0 saturated carbocycles. The van der Waals surface area contributed by atoms with Crippen molar-refractivity contribution in [3.05, 3.63) is 102 Å². The van der Waals surface area contributed by atoms with Crippen molar-refractivity contribution in [3.8, 4) is 0 Å². The van der Waals surface area contributed by atoms with Crippen molar-refractivity contribution in [3.63, 3.8) is 0 Å². The molecule has 2 heterocycles. The number of hydrogen-bond acceptors (Lipinski definition) is 11. The number of nitrogens with one attached hydrogen (secondary N) is 2. The Bertz CT molecular complexity index is 1460. The van der Waals surface area contributed by atoms with Crippen LogP contribution >= 0.6 is 0 Å². The molecular formula is C29H44N4O11. The molecule has 15 nitrogen and oxygen atoms in total. The molecule has 0 aliphatic rings. The predicted molar refractivity (Wildman–Crippen MR) is 162 cm³/mol. The fourth-order valence-corrected chi connectivity index (χ4v) is 3.48. The Hall–Kier alpha value is -4.15. The average molecular weight is 625 g/mol. The first-order valence-electron chi connectivity index (χ1n) is 13.2. The van der Waals surface area contributed by atoms with Crippen LogP contribution in [-0.2, 0) is 14.2 Å². The summed E-state index contributed by atoms with van der Waals surface area (Å²) in [6, 6.07) is 10.7. The van der Waals surface area contributed by atoms with E-state index < -0.39 is 59.7 Å². The van der Waals surface area contributed by atoms with Crippen LogP contribution in [0.1, 0.15) is 64.4 Å². The quantitative estimate of drug-likeness (QED) is 0.158. The number of nitrogens with zero attached hydrogens (tertiary/aromatic N) is 2. The van der Waals surface area contributed by atoms with E-state index >= 15 is 0 Å². The molecule has 246 valence electrons. The molecule has 0 spiro atoms. The monoisotopic (exact) mass is 624 g/mol. The summed E-state index contributed by atoms with van der Waals surface area (Å²) in [6.07, 6.45) is 0.636. The minimum Gasteiger partial charge on any atom is -0.457 e. The van der Waals surface area contributed by atoms with Crippen LogP contribution in [0.2, 0.25) is 0 Å². The van der Waals surface area contributed by atoms with Gasteiger partial charge in [0.15, 0.2) is 12.5 Å². The first-order chi connectivity index (χ1) is 20.2. The molecule has 0 radical (unpaired) electrons. The molecule has 3 aromatic rings. The van der Waals surface area contributed by atoms with Crippen molar-refractivity contribution in [1.82, 2.24) is 19.1 Å². The second kappa shape index (κ2) is 20.7. The molecule has 0 bridgehead atoms. The number of rotatable bonds is 14. The zero-order valence-corrected chi connectivity index (χ0v) is 23.3. The van der Waals surface area contributed by atoms with Gasteiger partial charge in [0, 0.05) is 24.5 Å². The van der Waals surface area contributed by atoms with Gasteiger partial charge in [-0.05, 0) is 25.0 Å². The highest BCUT2D eigenvalue weighted by Crippen LogP contribution is 2.13. The molecule has 0 unspecified atom stereocenters. The molecule has 0 saturated heterocycles. The first-order valence-corrected chi connectivity index (χ1v) is 13.2. The number of aromatic amines is 2. The SMILES string of the molecule is C.C.CC[C@H](CO)O[C@H](CO)n1ccc(=O)[nH]c1=O.CC[C@H](CO)O[C@H](COC(=O)c1ccccc1)n1ccc(=O)[nH]c1=O. The lowest BCUT2D eigenvalue weighted by atomic mass is 10.2. The van der Waals surface area contributed by atoms with Gasteiger partial charge in [-0.15, -0.1) is 0 Å². The zero-order valence-electron chi connectivity index (χ0n) is 23.3. The van der Waals surface area contributed by atoms with Gasteiger partial charge in [-0.1, -0.05) is 46.9 Å². The number of H-pyrrole nitrogens is 2. The number of aliphatic hydroxyl groups excluding tert-OH is 3. The van der Waals surface area contributed by atoms with Crippen LogP contribution in [0.15, 0.2) is 74.0 Å². The summed E-state index contributed by atoms with van der Waals surface area (Å²) in [5.41, 5.74) is -2.05. The van der Waals surface area contributed by atoms with Crippen molar-refractivity contribution in [2.75, 3.05) is 26.4 Å². The van der Waals surface area contributed by atoms with Crippen LogP contribution in [0.4, 0.5) is 0 Å². The Balaban J connectivity index is 0.000000859. The largest absolute Gasteiger partial charge is 0.457 e. The third kappa shape index (κ3) is 12.2. The molecule has 15 heteroatoms. The minimum absolute atomic E-state index is 0. The smallest absolute Gasteiger partial charge is 0.338 e. The highest BCUT2D eigenvalue weighted by Gasteiger charge is 2.21. The van der Waals surface area contributed by atoms with E-state index in [1.165, 1.54) is 12.4 Å². The molecule has 5 N–H and O–H groups in total. The fraction of sp³-hybridized carbons (Fsp3) is 0.483. The lowest BCUT2D eigenvalue weighted by Gasteiger charge is -2.24. The van der Waals surface area contributed by atoms with E-state index in [4.69, 9.17) is 24.4 Å². The normalized spacial score (nSPS) is 13.1. The van der Waals surface area contributed by atoms with Gasteiger partial charge in [-0.3, -0.25) is 28.7 Å². The number of esters is 1. The molecule has 2 aromatic heterocycles. The molecule has 0 aliphatic carbocycles. The number of ether oxygens (including phenoxy) is 3. The summed E-state index contributed by atoms with van der Waals surface area (Å²) in [7, 11) is 0. The van der Waals surface area contributed by atoms with E-state index in [0.717, 1.165) is 21.3 Å². The van der Waals surface area contributed by atoms with E-state index in [1.807, 2.05) is 13.8 Å². The average Bonchev–Trinajstić information content (AvgIpc) is 2.99. The molecule has 44 heavy (non-hydrogen) atoms. The maximum absolute atomic E-state index is 12.1. The summed E-state index contributed by atoms with van der Waals surface area (Å²) in [6.45, 7) is 2.48. The number of aliphatic hydroxyl groups is 3. The van der Waals surface area contributed by atoms with Gasteiger partial charge in [-0.25, -0.2) is 14.4 Å². The van der Waals surface area contributed by atoms with Gasteiger partial charge in [0.2, 0.25) is 0 Å². The Morgan fingerprint density at radius 2 is 1.18 bits per heavy atom. The van der Waals surface area contributed by atoms with Crippen LogP contribution in [0.3, 0.4) is 0 Å².